The molecular formula is C16H20N4O2. The molecule has 2 aromatic carbocycles. The monoisotopic (exact) mass is 300 g/mol. The van der Waals surface area contributed by atoms with Crippen LogP contribution in [-0.2, 0) is 10.3 Å². The van der Waals surface area contributed by atoms with Crippen LogP contribution in [-0.4, -0.2) is 23.6 Å². The zero-order chi connectivity index (χ0) is 16.2. The van der Waals surface area contributed by atoms with Crippen molar-refractivity contribution in [1.82, 2.24) is 5.32 Å². The summed E-state index contributed by atoms with van der Waals surface area (Å²) in [5.74, 6) is -1.20. The zero-order valence-electron chi connectivity index (χ0n) is 12.2. The minimum Gasteiger partial charge on any atom is -0.480 e. The Labute approximate surface area is 128 Å². The van der Waals surface area contributed by atoms with Crippen molar-refractivity contribution in [2.75, 3.05) is 6.54 Å². The van der Waals surface area contributed by atoms with E-state index in [1.165, 1.54) is 0 Å². The number of nitrogens with two attached hydrogens (primary N) is 2. The Morgan fingerprint density at radius 3 is 2.59 bits per heavy atom. The van der Waals surface area contributed by atoms with Gasteiger partial charge in [-0.1, -0.05) is 42.5 Å². The highest BCUT2D eigenvalue weighted by Crippen LogP contribution is 2.30. The molecule has 0 amide bonds. The Morgan fingerprint density at radius 2 is 1.91 bits per heavy atom. The van der Waals surface area contributed by atoms with Crippen molar-refractivity contribution >= 4 is 22.7 Å². The average molecular weight is 300 g/mol. The number of nitrogens with one attached hydrogen (secondary N) is 2. The Morgan fingerprint density at radius 1 is 1.23 bits per heavy atom. The van der Waals surface area contributed by atoms with E-state index in [0.29, 0.717) is 18.5 Å². The highest BCUT2D eigenvalue weighted by molar-refractivity contribution is 5.92. The molecule has 0 saturated heterocycles. The Balaban J connectivity index is 2.33. The van der Waals surface area contributed by atoms with Crippen molar-refractivity contribution in [1.29, 1.82) is 5.41 Å². The van der Waals surface area contributed by atoms with Gasteiger partial charge < -0.3 is 21.9 Å². The summed E-state index contributed by atoms with van der Waals surface area (Å²) in [5, 5.41) is 21.2. The van der Waals surface area contributed by atoms with Gasteiger partial charge in [0.05, 0.1) is 0 Å². The molecule has 0 bridgehead atoms. The van der Waals surface area contributed by atoms with Crippen molar-refractivity contribution in [3.05, 3.63) is 48.0 Å². The van der Waals surface area contributed by atoms with Gasteiger partial charge in [0, 0.05) is 6.54 Å². The Bertz CT molecular complexity index is 696. The van der Waals surface area contributed by atoms with E-state index in [1.807, 2.05) is 36.4 Å². The number of carbonyl (C=O) groups is 1. The molecule has 0 saturated carbocycles. The summed E-state index contributed by atoms with van der Waals surface area (Å²) in [6.07, 6.45) is 0.738. The second kappa shape index (κ2) is 6.44. The van der Waals surface area contributed by atoms with Gasteiger partial charge in [-0.15, -0.1) is 0 Å². The second-order valence-electron chi connectivity index (χ2n) is 5.25. The summed E-state index contributed by atoms with van der Waals surface area (Å²) >= 11 is 0. The predicted octanol–water partition coefficient (Wildman–Crippen LogP) is 1.34. The molecule has 7 N–H and O–H groups in total. The largest absolute Gasteiger partial charge is 0.480 e. The number of hydrogen-bond donors (Lipinski definition) is 5. The standard InChI is InChI=1S/C16H20N4O2/c17-15(18)20-10-4-9-16(19,14(21)22)13-8-3-6-11-5-1-2-7-12(11)13/h1-3,5-8H,4,9-10,19H2,(H,21,22)(H4,17,18,20)/t16-/m1/s1. The minimum atomic E-state index is -1.47. The van der Waals surface area contributed by atoms with Crippen LogP contribution in [0.4, 0.5) is 0 Å². The third-order valence-corrected chi connectivity index (χ3v) is 3.72. The average Bonchev–Trinajstić information content (AvgIpc) is 2.50. The number of carboxylic acid groups (broad SMARTS) is 1. The van der Waals surface area contributed by atoms with E-state index < -0.39 is 11.5 Å². The lowest BCUT2D eigenvalue weighted by molar-refractivity contribution is -0.144. The van der Waals surface area contributed by atoms with Gasteiger partial charge in [-0.2, -0.15) is 0 Å². The van der Waals surface area contributed by atoms with Gasteiger partial charge in [-0.3, -0.25) is 5.41 Å². The van der Waals surface area contributed by atoms with Crippen LogP contribution in [0.25, 0.3) is 10.8 Å². The summed E-state index contributed by atoms with van der Waals surface area (Å²) in [4.78, 5) is 11.8. The maximum Gasteiger partial charge on any atom is 0.328 e. The Hall–Kier alpha value is -2.60. The van der Waals surface area contributed by atoms with Crippen LogP contribution >= 0.6 is 0 Å². The molecule has 116 valence electrons. The van der Waals surface area contributed by atoms with Gasteiger partial charge in [0.25, 0.3) is 0 Å². The maximum absolute atomic E-state index is 11.8. The fourth-order valence-corrected chi connectivity index (χ4v) is 2.56. The van der Waals surface area contributed by atoms with Gasteiger partial charge in [0.2, 0.25) is 0 Å². The van der Waals surface area contributed by atoms with Gasteiger partial charge in [0.15, 0.2) is 5.96 Å². The summed E-state index contributed by atoms with van der Waals surface area (Å²) in [7, 11) is 0. The van der Waals surface area contributed by atoms with Crippen LogP contribution in [0.15, 0.2) is 42.5 Å². The number of guanidine groups is 1. The van der Waals surface area contributed by atoms with Gasteiger partial charge in [0.1, 0.15) is 5.54 Å². The number of hydrogen-bond acceptors (Lipinski definition) is 3. The molecule has 0 fully saturated rings. The summed E-state index contributed by atoms with van der Waals surface area (Å²) in [5.41, 5.74) is 10.6. The lowest BCUT2D eigenvalue weighted by Gasteiger charge is -2.27. The number of fused-ring (bicyclic) bond motifs is 1. The van der Waals surface area contributed by atoms with E-state index in [2.05, 4.69) is 5.32 Å². The van der Waals surface area contributed by atoms with E-state index in [1.54, 1.807) is 6.07 Å². The van der Waals surface area contributed by atoms with Crippen LogP contribution in [0.3, 0.4) is 0 Å². The van der Waals surface area contributed by atoms with E-state index in [-0.39, 0.29) is 12.4 Å². The fourth-order valence-electron chi connectivity index (χ4n) is 2.56. The van der Waals surface area contributed by atoms with Crippen molar-refractivity contribution in [2.45, 2.75) is 18.4 Å². The van der Waals surface area contributed by atoms with E-state index >= 15 is 0 Å². The van der Waals surface area contributed by atoms with Crippen molar-refractivity contribution in [2.24, 2.45) is 11.5 Å². The fraction of sp³-hybridized carbons (Fsp3) is 0.250. The molecule has 6 heteroatoms. The molecule has 0 spiro atoms. The molecule has 1 atom stereocenters. The highest BCUT2D eigenvalue weighted by atomic mass is 16.4. The first-order valence-corrected chi connectivity index (χ1v) is 7.03. The predicted molar refractivity (Wildman–Crippen MR) is 86.6 cm³/mol. The van der Waals surface area contributed by atoms with Crippen molar-refractivity contribution in [3.63, 3.8) is 0 Å². The van der Waals surface area contributed by atoms with E-state index in [0.717, 1.165) is 10.8 Å². The first-order chi connectivity index (χ1) is 10.4. The molecule has 2 aromatic rings. The van der Waals surface area contributed by atoms with Gasteiger partial charge in [-0.05, 0) is 29.2 Å². The van der Waals surface area contributed by atoms with Crippen LogP contribution in [0.2, 0.25) is 0 Å². The topological polar surface area (TPSA) is 125 Å². The lowest BCUT2D eigenvalue weighted by atomic mass is 9.83. The number of benzene rings is 2. The molecule has 6 nitrogen and oxygen atoms in total. The smallest absolute Gasteiger partial charge is 0.328 e. The quantitative estimate of drug-likeness (QED) is 0.313. The molecule has 0 radical (unpaired) electrons. The van der Waals surface area contributed by atoms with Crippen molar-refractivity contribution in [3.8, 4) is 0 Å². The van der Waals surface area contributed by atoms with Crippen LogP contribution in [0.1, 0.15) is 18.4 Å². The van der Waals surface area contributed by atoms with E-state index in [9.17, 15) is 9.90 Å². The third kappa shape index (κ3) is 3.17. The van der Waals surface area contributed by atoms with Crippen LogP contribution in [0.5, 0.6) is 0 Å². The first-order valence-electron chi connectivity index (χ1n) is 7.03. The normalized spacial score (nSPS) is 13.5. The summed E-state index contributed by atoms with van der Waals surface area (Å²) < 4.78 is 0. The molecular weight excluding hydrogens is 280 g/mol. The minimum absolute atomic E-state index is 0.136. The number of aliphatic carboxylic acids is 1. The molecule has 0 heterocycles. The highest BCUT2D eigenvalue weighted by Gasteiger charge is 2.36. The molecule has 0 aromatic heterocycles. The number of rotatable bonds is 6. The molecule has 2 rings (SSSR count). The van der Waals surface area contributed by atoms with Gasteiger partial charge >= 0.3 is 5.97 Å². The lowest BCUT2D eigenvalue weighted by Crippen LogP contribution is -2.45. The SMILES string of the molecule is N=C(N)NCCC[C@](N)(C(=O)O)c1cccc2ccccc12. The Kier molecular flexibility index (Phi) is 4.62. The first kappa shape index (κ1) is 15.8. The second-order valence-corrected chi connectivity index (χ2v) is 5.25. The molecule has 0 aliphatic carbocycles. The molecule has 0 aliphatic rings. The number of carboxylic acids is 1. The zero-order valence-corrected chi connectivity index (χ0v) is 12.2. The van der Waals surface area contributed by atoms with E-state index in [4.69, 9.17) is 16.9 Å². The molecule has 0 unspecified atom stereocenters. The molecule has 0 aliphatic heterocycles. The molecule has 22 heavy (non-hydrogen) atoms. The maximum atomic E-state index is 11.8. The summed E-state index contributed by atoms with van der Waals surface area (Å²) in [6.45, 7) is 0.409. The van der Waals surface area contributed by atoms with Gasteiger partial charge in [-0.25, -0.2) is 4.79 Å². The summed E-state index contributed by atoms with van der Waals surface area (Å²) in [6, 6.07) is 13.1. The van der Waals surface area contributed by atoms with Crippen molar-refractivity contribution < 1.29 is 9.90 Å². The van der Waals surface area contributed by atoms with Crippen LogP contribution in [0, 0.1) is 5.41 Å². The van der Waals surface area contributed by atoms with Crippen LogP contribution < -0.4 is 16.8 Å². The third-order valence-electron chi connectivity index (χ3n) is 3.72.